The van der Waals surface area contributed by atoms with Gasteiger partial charge in [-0.25, -0.2) is 9.67 Å². The number of methoxy groups -OCH3 is 1. The Bertz CT molecular complexity index is 1670. The zero-order valence-electron chi connectivity index (χ0n) is 23.0. The van der Waals surface area contributed by atoms with E-state index in [-0.39, 0.29) is 22.5 Å². The average Bonchev–Trinajstić information content (AvgIpc) is 3.60. The molecule has 0 unspecified atom stereocenters. The van der Waals surface area contributed by atoms with Crippen molar-refractivity contribution in [2.45, 2.75) is 19.7 Å². The molecule has 1 aliphatic heterocycles. The Labute approximate surface area is 254 Å². The van der Waals surface area contributed by atoms with Crippen molar-refractivity contribution in [2.24, 2.45) is 4.99 Å². The first kappa shape index (κ1) is 30.0. The largest absolute Gasteiger partial charge is 0.573 e. The third kappa shape index (κ3) is 7.51. The Morgan fingerprint density at radius 2 is 1.88 bits per heavy atom. The standard InChI is InChI=1S/C29H25F3N6O3S2/c1-18-14-23(40-2)10-11-24(18)38-25(39)16-43-28(38)35-27(42)33-13-12-19-4-3-5-20(15-19)26-34-17-37(36-26)21-6-8-22(9-7-21)41-29(30,31)32/h3-11,14-15,17H,12-13,16H2,1-2H3,(H,33,42). The lowest BCUT2D eigenvalue weighted by Gasteiger charge is -2.19. The summed E-state index contributed by atoms with van der Waals surface area (Å²) in [5, 5.41) is 8.39. The average molecular weight is 627 g/mol. The first-order valence-electron chi connectivity index (χ1n) is 12.9. The number of thiocarbonyl (C=S) groups is 1. The monoisotopic (exact) mass is 626 g/mol. The summed E-state index contributed by atoms with van der Waals surface area (Å²) in [6, 6.07) is 18.5. The second-order valence-electron chi connectivity index (χ2n) is 9.30. The summed E-state index contributed by atoms with van der Waals surface area (Å²) < 4.78 is 47.9. The van der Waals surface area contributed by atoms with Gasteiger partial charge in [0.15, 0.2) is 16.1 Å². The topological polar surface area (TPSA) is 93.9 Å². The van der Waals surface area contributed by atoms with Gasteiger partial charge in [0.25, 0.3) is 0 Å². The van der Waals surface area contributed by atoms with Gasteiger partial charge in [-0.3, -0.25) is 9.69 Å². The molecule has 222 valence electrons. The number of thioether (sulfide) groups is 1. The maximum Gasteiger partial charge on any atom is 0.573 e. The van der Waals surface area contributed by atoms with Gasteiger partial charge in [-0.1, -0.05) is 30.0 Å². The summed E-state index contributed by atoms with van der Waals surface area (Å²) in [6.07, 6.45) is -2.63. The van der Waals surface area contributed by atoms with Crippen molar-refractivity contribution in [2.75, 3.05) is 24.3 Å². The van der Waals surface area contributed by atoms with Crippen LogP contribution >= 0.6 is 24.0 Å². The van der Waals surface area contributed by atoms with Crippen molar-refractivity contribution in [3.05, 3.63) is 84.2 Å². The van der Waals surface area contributed by atoms with Gasteiger partial charge in [0, 0.05) is 12.1 Å². The molecule has 9 nitrogen and oxygen atoms in total. The number of amidine groups is 1. The second kappa shape index (κ2) is 12.8. The minimum absolute atomic E-state index is 0.0693. The van der Waals surface area contributed by atoms with Crippen LogP contribution in [0.2, 0.25) is 0 Å². The number of carbonyl (C=O) groups is 1. The Balaban J connectivity index is 1.19. The summed E-state index contributed by atoms with van der Waals surface area (Å²) in [5.74, 6) is 1.06. The number of nitrogens with one attached hydrogen (secondary N) is 1. The maximum atomic E-state index is 12.6. The van der Waals surface area contributed by atoms with Crippen LogP contribution in [0.1, 0.15) is 11.1 Å². The molecule has 0 atom stereocenters. The van der Waals surface area contributed by atoms with E-state index < -0.39 is 6.36 Å². The van der Waals surface area contributed by atoms with Crippen LogP contribution in [0.25, 0.3) is 17.1 Å². The van der Waals surface area contributed by atoms with Gasteiger partial charge in [-0.05, 0) is 85.2 Å². The lowest BCUT2D eigenvalue weighted by molar-refractivity contribution is -0.274. The van der Waals surface area contributed by atoms with E-state index in [4.69, 9.17) is 17.0 Å². The van der Waals surface area contributed by atoms with E-state index in [2.05, 4.69) is 25.1 Å². The van der Waals surface area contributed by atoms with Gasteiger partial charge < -0.3 is 14.8 Å². The number of nitrogens with zero attached hydrogens (tertiary/aromatic N) is 5. The minimum Gasteiger partial charge on any atom is -0.497 e. The Hall–Kier alpha value is -4.43. The van der Waals surface area contributed by atoms with Crippen LogP contribution in [0.3, 0.4) is 0 Å². The molecule has 1 saturated heterocycles. The lowest BCUT2D eigenvalue weighted by Crippen LogP contribution is -2.32. The molecule has 2 heterocycles. The van der Waals surface area contributed by atoms with Crippen LogP contribution in [-0.2, 0) is 11.2 Å². The van der Waals surface area contributed by atoms with E-state index in [9.17, 15) is 18.0 Å². The predicted octanol–water partition coefficient (Wildman–Crippen LogP) is 5.70. The van der Waals surface area contributed by atoms with E-state index in [1.807, 2.05) is 43.3 Å². The molecule has 1 N–H and O–H groups in total. The van der Waals surface area contributed by atoms with Crippen molar-refractivity contribution in [1.82, 2.24) is 20.1 Å². The van der Waals surface area contributed by atoms with Crippen LogP contribution in [0.15, 0.2) is 78.0 Å². The molecule has 0 radical (unpaired) electrons. The second-order valence-corrected chi connectivity index (χ2v) is 10.6. The number of hydrogen-bond donors (Lipinski definition) is 1. The molecule has 43 heavy (non-hydrogen) atoms. The molecule has 0 bridgehead atoms. The van der Waals surface area contributed by atoms with E-state index in [1.54, 1.807) is 18.1 Å². The fourth-order valence-electron chi connectivity index (χ4n) is 4.31. The molecule has 4 aromatic rings. The van der Waals surface area contributed by atoms with Crippen LogP contribution in [-0.4, -0.2) is 56.7 Å². The summed E-state index contributed by atoms with van der Waals surface area (Å²) in [4.78, 5) is 23.1. The fourth-order valence-corrected chi connectivity index (χ4v) is 5.43. The van der Waals surface area contributed by atoms with Gasteiger partial charge in [0.05, 0.1) is 24.2 Å². The zero-order chi connectivity index (χ0) is 30.6. The third-order valence-electron chi connectivity index (χ3n) is 6.31. The van der Waals surface area contributed by atoms with Crippen LogP contribution in [0, 0.1) is 6.92 Å². The number of carbonyl (C=O) groups excluding carboxylic acids is 1. The first-order chi connectivity index (χ1) is 20.6. The van der Waals surface area contributed by atoms with Gasteiger partial charge >= 0.3 is 6.36 Å². The third-order valence-corrected chi connectivity index (χ3v) is 7.47. The van der Waals surface area contributed by atoms with Crippen molar-refractivity contribution in [1.29, 1.82) is 0 Å². The number of alkyl halides is 3. The molecule has 1 aromatic heterocycles. The molecule has 5 rings (SSSR count). The highest BCUT2D eigenvalue weighted by atomic mass is 32.2. The van der Waals surface area contributed by atoms with E-state index in [0.717, 1.165) is 22.4 Å². The Morgan fingerprint density at radius 1 is 1.12 bits per heavy atom. The fraction of sp³-hybridized carbons (Fsp3) is 0.207. The highest BCUT2D eigenvalue weighted by Gasteiger charge is 2.32. The number of aliphatic imine (C=N–C) groups is 1. The summed E-state index contributed by atoms with van der Waals surface area (Å²) >= 11 is 6.78. The van der Waals surface area contributed by atoms with E-state index in [0.29, 0.717) is 35.4 Å². The highest BCUT2D eigenvalue weighted by Crippen LogP contribution is 2.31. The summed E-state index contributed by atoms with van der Waals surface area (Å²) in [6.45, 7) is 2.41. The molecule has 1 aliphatic rings. The van der Waals surface area contributed by atoms with E-state index >= 15 is 0 Å². The van der Waals surface area contributed by atoms with Crippen molar-refractivity contribution in [3.8, 4) is 28.6 Å². The number of rotatable bonds is 8. The van der Waals surface area contributed by atoms with E-state index in [1.165, 1.54) is 47.0 Å². The Kier molecular flexibility index (Phi) is 8.97. The number of anilines is 1. The molecule has 3 aromatic carbocycles. The van der Waals surface area contributed by atoms with Crippen LogP contribution in [0.5, 0.6) is 11.5 Å². The van der Waals surface area contributed by atoms with Gasteiger partial charge in [0.1, 0.15) is 17.8 Å². The lowest BCUT2D eigenvalue weighted by atomic mass is 10.1. The molecule has 14 heteroatoms. The van der Waals surface area contributed by atoms with Crippen LogP contribution in [0.4, 0.5) is 18.9 Å². The highest BCUT2D eigenvalue weighted by molar-refractivity contribution is 8.15. The molecule has 0 spiro atoms. The molecular weight excluding hydrogens is 601 g/mol. The van der Waals surface area contributed by atoms with Gasteiger partial charge in [-0.2, -0.15) is 4.99 Å². The number of amides is 1. The number of aryl methyl sites for hydroxylation is 1. The minimum atomic E-state index is -4.76. The number of ether oxygens (including phenoxy) is 2. The zero-order valence-corrected chi connectivity index (χ0v) is 24.6. The quantitative estimate of drug-likeness (QED) is 0.249. The predicted molar refractivity (Wildman–Crippen MR) is 163 cm³/mol. The normalized spacial score (nSPS) is 14.3. The summed E-state index contributed by atoms with van der Waals surface area (Å²) in [5.41, 5.74) is 3.94. The summed E-state index contributed by atoms with van der Waals surface area (Å²) in [7, 11) is 1.59. The van der Waals surface area contributed by atoms with Gasteiger partial charge in [0.2, 0.25) is 5.91 Å². The smallest absolute Gasteiger partial charge is 0.497 e. The SMILES string of the molecule is COc1ccc(N2C(=O)CSC2=NC(=S)NCCc2cccc(-c3ncn(-c4ccc(OC(F)(F)F)cc4)n3)c2)c(C)c1. The Morgan fingerprint density at radius 3 is 2.60 bits per heavy atom. The van der Waals surface area contributed by atoms with Crippen molar-refractivity contribution >= 4 is 45.9 Å². The number of benzene rings is 3. The molecular formula is C29H25F3N6O3S2. The molecule has 1 amide bonds. The van der Waals surface area contributed by atoms with Crippen molar-refractivity contribution in [3.63, 3.8) is 0 Å². The number of hydrogen-bond acceptors (Lipinski definition) is 7. The van der Waals surface area contributed by atoms with Gasteiger partial charge in [-0.15, -0.1) is 18.3 Å². The molecule has 0 aliphatic carbocycles. The first-order valence-corrected chi connectivity index (χ1v) is 14.3. The molecule has 1 fully saturated rings. The number of halogens is 3. The van der Waals surface area contributed by atoms with Crippen LogP contribution < -0.4 is 19.7 Å². The van der Waals surface area contributed by atoms with Crippen molar-refractivity contribution < 1.29 is 27.4 Å². The molecule has 0 saturated carbocycles. The maximum absolute atomic E-state index is 12.6. The number of aromatic nitrogens is 3.